The molecule has 7 heteroatoms. The highest BCUT2D eigenvalue weighted by atomic mass is 32.2. The Morgan fingerprint density at radius 3 is 2.29 bits per heavy atom. The summed E-state index contributed by atoms with van der Waals surface area (Å²) in [5.41, 5.74) is 2.67. The van der Waals surface area contributed by atoms with Crippen molar-refractivity contribution < 1.29 is 17.9 Å². The molecule has 0 saturated carbocycles. The number of rotatable bonds is 8. The molecule has 1 amide bonds. The van der Waals surface area contributed by atoms with Gasteiger partial charge in [-0.3, -0.25) is 9.52 Å². The van der Waals surface area contributed by atoms with Crippen LogP contribution in [-0.4, -0.2) is 27.0 Å². The van der Waals surface area contributed by atoms with Crippen molar-refractivity contribution >= 4 is 21.6 Å². The molecular weight excluding hydrogens is 412 g/mol. The minimum Gasteiger partial charge on any atom is -0.491 e. The predicted molar refractivity (Wildman–Crippen MR) is 122 cm³/mol. The van der Waals surface area contributed by atoms with Crippen LogP contribution in [0.25, 0.3) is 0 Å². The number of carbonyl (C=O) groups excluding carboxylic acids is 1. The molecule has 0 heterocycles. The quantitative estimate of drug-likeness (QED) is 0.549. The summed E-state index contributed by atoms with van der Waals surface area (Å²) < 4.78 is 33.3. The number of benzene rings is 3. The molecule has 0 fully saturated rings. The van der Waals surface area contributed by atoms with Gasteiger partial charge in [0.15, 0.2) is 0 Å². The van der Waals surface area contributed by atoms with Gasteiger partial charge >= 0.3 is 0 Å². The minimum atomic E-state index is -3.69. The van der Waals surface area contributed by atoms with E-state index in [1.807, 2.05) is 38.1 Å². The van der Waals surface area contributed by atoms with Crippen LogP contribution in [0.5, 0.6) is 5.75 Å². The first-order valence-corrected chi connectivity index (χ1v) is 11.4. The van der Waals surface area contributed by atoms with Gasteiger partial charge in [-0.05, 0) is 68.8 Å². The lowest BCUT2D eigenvalue weighted by Gasteiger charge is -2.16. The Bertz CT molecular complexity index is 1140. The molecule has 6 nitrogen and oxygen atoms in total. The SMILES string of the molecule is Cc1ccc(OC[C@@H](C)NC(=O)c2ccc(NS(=O)(=O)c3ccccc3)c(C)c2)cc1. The van der Waals surface area contributed by atoms with Crippen molar-refractivity contribution in [3.8, 4) is 5.75 Å². The fraction of sp³-hybridized carbons (Fsp3) is 0.208. The van der Waals surface area contributed by atoms with Crippen LogP contribution in [0.3, 0.4) is 0 Å². The fourth-order valence-electron chi connectivity index (χ4n) is 2.93. The molecule has 0 aromatic heterocycles. The molecular formula is C24H26N2O4S. The average molecular weight is 439 g/mol. The standard InChI is InChI=1S/C24H26N2O4S/c1-17-9-12-21(13-10-17)30-16-19(3)25-24(27)20-11-14-23(18(2)15-20)26-31(28,29)22-7-5-4-6-8-22/h4-15,19,26H,16H2,1-3H3,(H,25,27)/t19-/m1/s1. The molecule has 0 spiro atoms. The Morgan fingerprint density at radius 1 is 0.968 bits per heavy atom. The molecule has 31 heavy (non-hydrogen) atoms. The second-order valence-corrected chi connectivity index (χ2v) is 9.13. The third-order valence-corrected chi connectivity index (χ3v) is 6.07. The smallest absolute Gasteiger partial charge is 0.261 e. The van der Waals surface area contributed by atoms with Crippen molar-refractivity contribution in [2.45, 2.75) is 31.7 Å². The highest BCUT2D eigenvalue weighted by Crippen LogP contribution is 2.21. The zero-order chi connectivity index (χ0) is 22.4. The lowest BCUT2D eigenvalue weighted by atomic mass is 10.1. The van der Waals surface area contributed by atoms with E-state index >= 15 is 0 Å². The van der Waals surface area contributed by atoms with Crippen LogP contribution in [-0.2, 0) is 10.0 Å². The normalized spacial score (nSPS) is 12.1. The first-order valence-electron chi connectivity index (χ1n) is 9.93. The van der Waals surface area contributed by atoms with E-state index in [2.05, 4.69) is 10.0 Å². The van der Waals surface area contributed by atoms with Gasteiger partial charge in [-0.1, -0.05) is 35.9 Å². The predicted octanol–water partition coefficient (Wildman–Crippen LogP) is 4.30. The topological polar surface area (TPSA) is 84.5 Å². The average Bonchev–Trinajstić information content (AvgIpc) is 2.75. The van der Waals surface area contributed by atoms with Gasteiger partial charge in [0.25, 0.3) is 15.9 Å². The van der Waals surface area contributed by atoms with Gasteiger partial charge in [0, 0.05) is 5.56 Å². The molecule has 0 bridgehead atoms. The second kappa shape index (κ2) is 9.66. The van der Waals surface area contributed by atoms with E-state index in [0.717, 1.165) is 11.3 Å². The summed E-state index contributed by atoms with van der Waals surface area (Å²) >= 11 is 0. The molecule has 0 aliphatic heterocycles. The van der Waals surface area contributed by atoms with Crippen LogP contribution < -0.4 is 14.8 Å². The zero-order valence-corrected chi connectivity index (χ0v) is 18.6. The summed E-state index contributed by atoms with van der Waals surface area (Å²) in [4.78, 5) is 12.8. The number of hydrogen-bond acceptors (Lipinski definition) is 4. The van der Waals surface area contributed by atoms with Crippen LogP contribution in [0, 0.1) is 13.8 Å². The molecule has 0 unspecified atom stereocenters. The van der Waals surface area contributed by atoms with Crippen molar-refractivity contribution in [3.63, 3.8) is 0 Å². The third kappa shape index (κ3) is 6.08. The third-order valence-electron chi connectivity index (χ3n) is 4.68. The molecule has 3 aromatic rings. The van der Waals surface area contributed by atoms with Gasteiger partial charge in [0.1, 0.15) is 12.4 Å². The molecule has 162 valence electrons. The molecule has 0 aliphatic carbocycles. The molecule has 3 rings (SSSR count). The summed E-state index contributed by atoms with van der Waals surface area (Å²) in [5, 5.41) is 2.90. The number of aryl methyl sites for hydroxylation is 2. The van der Waals surface area contributed by atoms with Crippen LogP contribution in [0.4, 0.5) is 5.69 Å². The number of anilines is 1. The number of sulfonamides is 1. The lowest BCUT2D eigenvalue weighted by Crippen LogP contribution is -2.36. The molecule has 0 radical (unpaired) electrons. The summed E-state index contributed by atoms with van der Waals surface area (Å²) in [7, 11) is -3.69. The highest BCUT2D eigenvalue weighted by Gasteiger charge is 2.16. The summed E-state index contributed by atoms with van der Waals surface area (Å²) in [6.45, 7) is 5.96. The maximum Gasteiger partial charge on any atom is 0.261 e. The van der Waals surface area contributed by atoms with Crippen LogP contribution >= 0.6 is 0 Å². The first-order chi connectivity index (χ1) is 14.7. The number of nitrogens with one attached hydrogen (secondary N) is 2. The molecule has 0 saturated heterocycles. The molecule has 2 N–H and O–H groups in total. The number of ether oxygens (including phenoxy) is 1. The van der Waals surface area contributed by atoms with E-state index < -0.39 is 10.0 Å². The maximum absolute atomic E-state index is 12.6. The van der Waals surface area contributed by atoms with E-state index in [0.29, 0.717) is 23.4 Å². The number of amides is 1. The van der Waals surface area contributed by atoms with Gasteiger partial charge < -0.3 is 10.1 Å². The van der Waals surface area contributed by atoms with Gasteiger partial charge in [0.2, 0.25) is 0 Å². The Balaban J connectivity index is 1.61. The van der Waals surface area contributed by atoms with Crippen molar-refractivity contribution in [2.24, 2.45) is 0 Å². The van der Waals surface area contributed by atoms with Crippen LogP contribution in [0.2, 0.25) is 0 Å². The molecule has 0 aliphatic rings. The van der Waals surface area contributed by atoms with Gasteiger partial charge in [-0.2, -0.15) is 0 Å². The second-order valence-electron chi connectivity index (χ2n) is 7.45. The largest absolute Gasteiger partial charge is 0.491 e. The number of hydrogen-bond donors (Lipinski definition) is 2. The Labute approximate surface area is 183 Å². The van der Waals surface area contributed by atoms with Crippen molar-refractivity contribution in [2.75, 3.05) is 11.3 Å². The van der Waals surface area contributed by atoms with Crippen LogP contribution in [0.15, 0.2) is 77.7 Å². The highest BCUT2D eigenvalue weighted by molar-refractivity contribution is 7.92. The van der Waals surface area contributed by atoms with E-state index in [-0.39, 0.29) is 16.8 Å². The first kappa shape index (κ1) is 22.4. The van der Waals surface area contributed by atoms with Gasteiger partial charge in [-0.25, -0.2) is 8.42 Å². The van der Waals surface area contributed by atoms with Crippen molar-refractivity contribution in [1.29, 1.82) is 0 Å². The summed E-state index contributed by atoms with van der Waals surface area (Å²) in [6, 6.07) is 20.5. The fourth-order valence-corrected chi connectivity index (χ4v) is 4.08. The lowest BCUT2D eigenvalue weighted by molar-refractivity contribution is 0.0926. The van der Waals surface area contributed by atoms with E-state index in [1.54, 1.807) is 43.3 Å². The summed E-state index contributed by atoms with van der Waals surface area (Å²) in [6.07, 6.45) is 0. The molecule has 3 aromatic carbocycles. The summed E-state index contributed by atoms with van der Waals surface area (Å²) in [5.74, 6) is 0.498. The van der Waals surface area contributed by atoms with E-state index in [1.165, 1.54) is 12.1 Å². The van der Waals surface area contributed by atoms with Crippen molar-refractivity contribution in [1.82, 2.24) is 5.32 Å². The van der Waals surface area contributed by atoms with Crippen molar-refractivity contribution in [3.05, 3.63) is 89.5 Å². The van der Waals surface area contributed by atoms with E-state index in [4.69, 9.17) is 4.74 Å². The van der Waals surface area contributed by atoms with Gasteiger partial charge in [0.05, 0.1) is 16.6 Å². The number of carbonyl (C=O) groups is 1. The Kier molecular flexibility index (Phi) is 6.97. The van der Waals surface area contributed by atoms with Crippen LogP contribution in [0.1, 0.15) is 28.4 Å². The molecule has 1 atom stereocenters. The Hall–Kier alpha value is -3.32. The zero-order valence-electron chi connectivity index (χ0n) is 17.8. The van der Waals surface area contributed by atoms with E-state index in [9.17, 15) is 13.2 Å². The maximum atomic E-state index is 12.6. The Morgan fingerprint density at radius 2 is 1.65 bits per heavy atom. The van der Waals surface area contributed by atoms with Gasteiger partial charge in [-0.15, -0.1) is 0 Å². The monoisotopic (exact) mass is 438 g/mol. The minimum absolute atomic E-state index is 0.179.